The van der Waals surface area contributed by atoms with E-state index in [9.17, 15) is 9.59 Å². The molecule has 0 saturated heterocycles. The zero-order chi connectivity index (χ0) is 27.5. The molecule has 1 heterocycles. The molecule has 38 heavy (non-hydrogen) atoms. The Labute approximate surface area is 227 Å². The van der Waals surface area contributed by atoms with Crippen molar-refractivity contribution in [2.24, 2.45) is 0 Å². The van der Waals surface area contributed by atoms with Crippen molar-refractivity contribution < 1.29 is 34.8 Å². The van der Waals surface area contributed by atoms with Crippen LogP contribution in [0.25, 0.3) is 0 Å². The van der Waals surface area contributed by atoms with Gasteiger partial charge in [-0.05, 0) is 67.1 Å². The maximum atomic E-state index is 9.77. The van der Waals surface area contributed by atoms with Crippen molar-refractivity contribution in [2.75, 3.05) is 18.4 Å². The lowest BCUT2D eigenvalue weighted by atomic mass is 9.98. The zero-order valence-electron chi connectivity index (χ0n) is 21.4. The minimum Gasteiger partial charge on any atom is -0.479 e. The number of carboxylic acids is 2. The number of carboxylic acid groups (broad SMARTS) is 2. The number of rotatable bonds is 9. The third-order valence-corrected chi connectivity index (χ3v) is 7.13. The Kier molecular flexibility index (Phi) is 11.8. The molecule has 0 unspecified atom stereocenters. The van der Waals surface area contributed by atoms with Gasteiger partial charge in [0, 0.05) is 6.54 Å². The quantitative estimate of drug-likeness (QED) is 0.277. The zero-order valence-corrected chi connectivity index (χ0v) is 22.1. The maximum Gasteiger partial charge on any atom is 0.335 e. The molecule has 0 aromatic heterocycles. The molecule has 1 saturated carbocycles. The molecule has 208 valence electrons. The van der Waals surface area contributed by atoms with Crippen molar-refractivity contribution in [3.05, 3.63) is 63.7 Å². The molecule has 6 N–H and O–H groups in total. The van der Waals surface area contributed by atoms with Crippen LogP contribution in [0, 0.1) is 0 Å². The lowest BCUT2D eigenvalue weighted by Crippen LogP contribution is -2.39. The molecule has 2 atom stereocenters. The van der Waals surface area contributed by atoms with E-state index in [1.807, 2.05) is 6.07 Å². The van der Waals surface area contributed by atoms with Crippen LogP contribution in [0.4, 0.5) is 5.69 Å². The molecule has 9 nitrogen and oxygen atoms in total. The fourth-order valence-electron chi connectivity index (χ4n) is 4.59. The average Bonchev–Trinajstić information content (AvgIpc) is 3.18. The second kappa shape index (κ2) is 15.0. The number of hydrogen-bond donors (Lipinski definition) is 6. The first-order valence-corrected chi connectivity index (χ1v) is 13.4. The number of halogens is 1. The van der Waals surface area contributed by atoms with Crippen molar-refractivity contribution in [1.82, 2.24) is 5.32 Å². The summed E-state index contributed by atoms with van der Waals surface area (Å²) in [5, 5.41) is 40.4. The fourth-order valence-corrected chi connectivity index (χ4v) is 4.84. The molecule has 1 aliphatic heterocycles. The Morgan fingerprint density at radius 2 is 1.53 bits per heavy atom. The van der Waals surface area contributed by atoms with E-state index in [-0.39, 0.29) is 0 Å². The lowest BCUT2D eigenvalue weighted by Gasteiger charge is -2.22. The number of aliphatic carboxylic acids is 2. The second-order valence-electron chi connectivity index (χ2n) is 9.62. The first kappa shape index (κ1) is 29.9. The van der Waals surface area contributed by atoms with Gasteiger partial charge in [-0.1, -0.05) is 61.2 Å². The van der Waals surface area contributed by atoms with Gasteiger partial charge >= 0.3 is 11.9 Å². The summed E-state index contributed by atoms with van der Waals surface area (Å²) in [6, 6.07) is 13.0. The summed E-state index contributed by atoms with van der Waals surface area (Å²) in [5.74, 6) is -3.54. The van der Waals surface area contributed by atoms with Crippen LogP contribution in [-0.4, -0.2) is 63.8 Å². The van der Waals surface area contributed by atoms with Gasteiger partial charge in [-0.3, -0.25) is 0 Å². The van der Waals surface area contributed by atoms with Gasteiger partial charge < -0.3 is 35.8 Å². The van der Waals surface area contributed by atoms with Gasteiger partial charge in [-0.2, -0.15) is 0 Å². The Morgan fingerprint density at radius 3 is 2.16 bits per heavy atom. The highest BCUT2D eigenvalue weighted by Gasteiger charge is 2.29. The summed E-state index contributed by atoms with van der Waals surface area (Å²) >= 11 is 6.52. The number of benzene rings is 2. The summed E-state index contributed by atoms with van der Waals surface area (Å²) in [5.41, 5.74) is 6.41. The second-order valence-corrected chi connectivity index (χ2v) is 10.0. The molecule has 0 spiro atoms. The van der Waals surface area contributed by atoms with E-state index < -0.39 is 24.1 Å². The van der Waals surface area contributed by atoms with Crippen LogP contribution < -0.4 is 10.6 Å². The number of fused-ring (bicyclic) bond motifs is 1. The number of aliphatic hydroxyl groups excluding tert-OH is 2. The molecule has 0 amide bonds. The molecular weight excluding hydrogens is 512 g/mol. The average molecular weight is 549 g/mol. The van der Waals surface area contributed by atoms with Gasteiger partial charge in [0.15, 0.2) is 12.2 Å². The molecule has 1 aliphatic carbocycles. The standard InChI is InChI=1S/C24H31ClN2O.C4H6O6/c25-23-11-10-20-12-14-26-15-13-22(20)24(23)27-16-18-6-8-19(9-7-18)17-28-21-4-2-1-3-5-21;5-1(3(7)8)2(6)4(9)10/h6-11,21,26-27H,1-5,12-17H2;1-2,5-6H,(H,7,8)(H,9,10)/t;1-,2-/m.1/s1. The maximum absolute atomic E-state index is 9.77. The monoisotopic (exact) mass is 548 g/mol. The van der Waals surface area contributed by atoms with E-state index in [0.717, 1.165) is 49.8 Å². The highest BCUT2D eigenvalue weighted by atomic mass is 35.5. The molecule has 2 aromatic carbocycles. The molecule has 2 aromatic rings. The topological polar surface area (TPSA) is 148 Å². The third-order valence-electron chi connectivity index (χ3n) is 6.82. The summed E-state index contributed by atoms with van der Waals surface area (Å²) in [4.78, 5) is 19.5. The van der Waals surface area contributed by atoms with Crippen LogP contribution in [0.1, 0.15) is 54.4 Å². The van der Waals surface area contributed by atoms with Crippen molar-refractivity contribution in [3.8, 4) is 0 Å². The van der Waals surface area contributed by atoms with Crippen LogP contribution >= 0.6 is 11.6 Å². The highest BCUT2D eigenvalue weighted by Crippen LogP contribution is 2.31. The Hall–Kier alpha value is -2.69. The van der Waals surface area contributed by atoms with E-state index >= 15 is 0 Å². The van der Waals surface area contributed by atoms with Gasteiger partial charge in [-0.25, -0.2) is 9.59 Å². The largest absolute Gasteiger partial charge is 0.479 e. The fraction of sp³-hybridized carbons (Fsp3) is 0.500. The minimum absolute atomic E-state index is 0.458. The molecular formula is C28H37ClN2O7. The van der Waals surface area contributed by atoms with Crippen LogP contribution in [-0.2, 0) is 40.3 Å². The Bertz CT molecular complexity index is 1040. The third kappa shape index (κ3) is 8.96. The van der Waals surface area contributed by atoms with Gasteiger partial charge in [0.2, 0.25) is 0 Å². The number of nitrogens with one attached hydrogen (secondary N) is 2. The summed E-state index contributed by atoms with van der Waals surface area (Å²) in [6.07, 6.45) is 4.46. The smallest absolute Gasteiger partial charge is 0.335 e. The van der Waals surface area contributed by atoms with Crippen LogP contribution in [0.5, 0.6) is 0 Å². The molecule has 4 rings (SSSR count). The summed E-state index contributed by atoms with van der Waals surface area (Å²) in [7, 11) is 0. The number of aliphatic hydroxyl groups is 2. The first-order valence-electron chi connectivity index (χ1n) is 13.0. The number of anilines is 1. The van der Waals surface area contributed by atoms with E-state index in [4.69, 9.17) is 36.8 Å². The molecule has 2 aliphatic rings. The van der Waals surface area contributed by atoms with Crippen molar-refractivity contribution in [3.63, 3.8) is 0 Å². The number of hydrogen-bond acceptors (Lipinski definition) is 7. The molecule has 0 radical (unpaired) electrons. The molecule has 1 fully saturated rings. The van der Waals surface area contributed by atoms with E-state index in [1.165, 1.54) is 54.4 Å². The SMILES string of the molecule is Clc1ccc2c(c1NCc1ccc(COC3CCCCC3)cc1)CCNCC2.O=C(O)[C@H](O)[C@@H](O)C(=O)O. The summed E-state index contributed by atoms with van der Waals surface area (Å²) in [6.45, 7) is 3.56. The van der Waals surface area contributed by atoms with Crippen molar-refractivity contribution >= 4 is 29.2 Å². The van der Waals surface area contributed by atoms with Gasteiger partial charge in [0.05, 0.1) is 23.4 Å². The Balaban J connectivity index is 0.000000342. The number of ether oxygens (including phenoxy) is 1. The normalized spacial score (nSPS) is 17.2. The highest BCUT2D eigenvalue weighted by molar-refractivity contribution is 6.33. The van der Waals surface area contributed by atoms with E-state index in [2.05, 4.69) is 41.0 Å². The molecule has 0 bridgehead atoms. The number of carbonyl (C=O) groups is 2. The van der Waals surface area contributed by atoms with E-state index in [0.29, 0.717) is 6.10 Å². The molecule has 10 heteroatoms. The lowest BCUT2D eigenvalue weighted by molar-refractivity contribution is -0.165. The first-order chi connectivity index (χ1) is 18.3. The summed E-state index contributed by atoms with van der Waals surface area (Å²) < 4.78 is 6.09. The van der Waals surface area contributed by atoms with Crippen LogP contribution in [0.3, 0.4) is 0 Å². The van der Waals surface area contributed by atoms with Crippen molar-refractivity contribution in [1.29, 1.82) is 0 Å². The predicted octanol–water partition coefficient (Wildman–Crippen LogP) is 3.37. The van der Waals surface area contributed by atoms with Crippen LogP contribution in [0.2, 0.25) is 5.02 Å². The van der Waals surface area contributed by atoms with Crippen molar-refractivity contribution in [2.45, 2.75) is 76.4 Å². The van der Waals surface area contributed by atoms with Crippen LogP contribution in [0.15, 0.2) is 36.4 Å². The van der Waals surface area contributed by atoms with E-state index in [1.54, 1.807) is 0 Å². The minimum atomic E-state index is -2.27. The van der Waals surface area contributed by atoms with Gasteiger partial charge in [0.1, 0.15) is 0 Å². The van der Waals surface area contributed by atoms with Gasteiger partial charge in [-0.15, -0.1) is 0 Å². The predicted molar refractivity (Wildman–Crippen MR) is 144 cm³/mol. The van der Waals surface area contributed by atoms with Gasteiger partial charge in [0.25, 0.3) is 0 Å². The Morgan fingerprint density at radius 1 is 0.921 bits per heavy atom.